The van der Waals surface area contributed by atoms with Gasteiger partial charge in [-0.3, -0.25) is 9.59 Å². The molecule has 0 spiro atoms. The Morgan fingerprint density at radius 2 is 1.94 bits per heavy atom. The minimum absolute atomic E-state index is 0.103. The van der Waals surface area contributed by atoms with E-state index in [1.807, 2.05) is 6.92 Å². The van der Waals surface area contributed by atoms with Gasteiger partial charge in [-0.25, -0.2) is 0 Å². The minimum Gasteiger partial charge on any atom is -0.394 e. The molecule has 18 heavy (non-hydrogen) atoms. The number of hydrogen-bond donors (Lipinski definition) is 3. The molecule has 0 saturated heterocycles. The third-order valence-electron chi connectivity index (χ3n) is 3.68. The van der Waals surface area contributed by atoms with Crippen molar-refractivity contribution in [2.75, 3.05) is 6.61 Å². The Kier molecular flexibility index (Phi) is 6.12. The molecule has 3 atom stereocenters. The number of amides is 2. The predicted molar refractivity (Wildman–Crippen MR) is 68.9 cm³/mol. The highest BCUT2D eigenvalue weighted by Gasteiger charge is 2.26. The van der Waals surface area contributed by atoms with Crippen LogP contribution in [0.15, 0.2) is 0 Å². The maximum atomic E-state index is 11.7. The van der Waals surface area contributed by atoms with Crippen molar-refractivity contribution >= 4 is 11.8 Å². The van der Waals surface area contributed by atoms with Crippen molar-refractivity contribution in [2.45, 2.75) is 58.0 Å². The van der Waals surface area contributed by atoms with Gasteiger partial charge < -0.3 is 15.7 Å². The molecule has 1 fully saturated rings. The van der Waals surface area contributed by atoms with Crippen molar-refractivity contribution in [1.82, 2.24) is 10.6 Å². The van der Waals surface area contributed by atoms with Gasteiger partial charge in [0.2, 0.25) is 0 Å². The molecule has 0 aromatic carbocycles. The highest BCUT2D eigenvalue weighted by Crippen LogP contribution is 2.23. The van der Waals surface area contributed by atoms with E-state index in [9.17, 15) is 9.59 Å². The van der Waals surface area contributed by atoms with E-state index in [1.165, 1.54) is 6.42 Å². The Morgan fingerprint density at radius 1 is 1.28 bits per heavy atom. The van der Waals surface area contributed by atoms with E-state index in [-0.39, 0.29) is 18.7 Å². The van der Waals surface area contributed by atoms with Crippen LogP contribution in [0, 0.1) is 5.92 Å². The molecule has 3 unspecified atom stereocenters. The van der Waals surface area contributed by atoms with Crippen LogP contribution in [0.3, 0.4) is 0 Å². The molecule has 104 valence electrons. The Labute approximate surface area is 108 Å². The minimum atomic E-state index is -0.645. The Bertz CT molecular complexity index is 290. The third-order valence-corrected chi connectivity index (χ3v) is 3.68. The van der Waals surface area contributed by atoms with E-state index in [4.69, 9.17) is 5.11 Å². The topological polar surface area (TPSA) is 78.4 Å². The number of aliphatic hydroxyl groups is 1. The predicted octanol–water partition coefficient (Wildman–Crippen LogP) is 0.568. The van der Waals surface area contributed by atoms with Crippen LogP contribution in [-0.4, -0.2) is 35.6 Å². The lowest BCUT2D eigenvalue weighted by Crippen LogP contribution is -2.50. The van der Waals surface area contributed by atoms with E-state index >= 15 is 0 Å². The number of carbonyl (C=O) groups excluding carboxylic acids is 2. The van der Waals surface area contributed by atoms with Gasteiger partial charge in [-0.2, -0.15) is 0 Å². The fourth-order valence-corrected chi connectivity index (χ4v) is 2.29. The number of carbonyl (C=O) groups is 2. The van der Waals surface area contributed by atoms with E-state index in [0.717, 1.165) is 19.3 Å². The Balaban J connectivity index is 2.41. The maximum Gasteiger partial charge on any atom is 0.309 e. The lowest BCUT2D eigenvalue weighted by Gasteiger charge is -2.29. The number of rotatable bonds is 4. The molecule has 5 heteroatoms. The third kappa shape index (κ3) is 4.29. The number of aliphatic hydroxyl groups excluding tert-OH is 1. The summed E-state index contributed by atoms with van der Waals surface area (Å²) in [4.78, 5) is 23.3. The molecule has 2 amide bonds. The van der Waals surface area contributed by atoms with E-state index in [0.29, 0.717) is 12.3 Å². The lowest BCUT2D eigenvalue weighted by molar-refractivity contribution is -0.140. The first-order valence-electron chi connectivity index (χ1n) is 6.80. The summed E-state index contributed by atoms with van der Waals surface area (Å²) < 4.78 is 0. The Morgan fingerprint density at radius 3 is 2.50 bits per heavy atom. The van der Waals surface area contributed by atoms with E-state index in [1.54, 1.807) is 0 Å². The van der Waals surface area contributed by atoms with Crippen LogP contribution in [0.2, 0.25) is 0 Å². The molecule has 0 aromatic heterocycles. The molecule has 0 bridgehead atoms. The van der Waals surface area contributed by atoms with Crippen LogP contribution in [0.4, 0.5) is 0 Å². The van der Waals surface area contributed by atoms with Crippen molar-refractivity contribution in [1.29, 1.82) is 0 Å². The molecule has 1 aliphatic carbocycles. The molecule has 1 aliphatic rings. The zero-order valence-electron chi connectivity index (χ0n) is 11.2. The summed E-state index contributed by atoms with van der Waals surface area (Å²) in [6, 6.07) is -0.238. The van der Waals surface area contributed by atoms with Gasteiger partial charge in [-0.1, -0.05) is 26.7 Å². The van der Waals surface area contributed by atoms with Gasteiger partial charge in [0.05, 0.1) is 12.6 Å². The SMILES string of the molecule is CCC(CO)NC(=O)C(=O)NC1CCCCC1C. The molecule has 3 N–H and O–H groups in total. The summed E-state index contributed by atoms with van der Waals surface area (Å²) in [5, 5.41) is 14.3. The largest absolute Gasteiger partial charge is 0.394 e. The summed E-state index contributed by atoms with van der Waals surface area (Å²) >= 11 is 0. The zero-order chi connectivity index (χ0) is 13.5. The molecular formula is C13H24N2O3. The average molecular weight is 256 g/mol. The Hall–Kier alpha value is -1.10. The molecular weight excluding hydrogens is 232 g/mol. The van der Waals surface area contributed by atoms with Crippen molar-refractivity contribution in [3.8, 4) is 0 Å². The van der Waals surface area contributed by atoms with Gasteiger partial charge >= 0.3 is 11.8 Å². The molecule has 1 rings (SSSR count). The molecule has 1 saturated carbocycles. The maximum absolute atomic E-state index is 11.7. The average Bonchev–Trinajstić information content (AvgIpc) is 2.38. The van der Waals surface area contributed by atoms with Crippen LogP contribution in [-0.2, 0) is 9.59 Å². The summed E-state index contributed by atoms with van der Waals surface area (Å²) in [5.41, 5.74) is 0. The summed E-state index contributed by atoms with van der Waals surface area (Å²) in [6.07, 6.45) is 4.95. The van der Waals surface area contributed by atoms with Crippen LogP contribution < -0.4 is 10.6 Å². The van der Waals surface area contributed by atoms with E-state index in [2.05, 4.69) is 17.6 Å². The molecule has 0 aromatic rings. The van der Waals surface area contributed by atoms with Gasteiger partial charge in [-0.05, 0) is 25.2 Å². The molecule has 5 nitrogen and oxygen atoms in total. The number of hydrogen-bond acceptors (Lipinski definition) is 3. The first kappa shape index (κ1) is 15.0. The van der Waals surface area contributed by atoms with Crippen LogP contribution in [0.1, 0.15) is 46.0 Å². The summed E-state index contributed by atoms with van der Waals surface area (Å²) in [7, 11) is 0. The second-order valence-electron chi connectivity index (χ2n) is 5.10. The van der Waals surface area contributed by atoms with E-state index < -0.39 is 11.8 Å². The van der Waals surface area contributed by atoms with Crippen molar-refractivity contribution < 1.29 is 14.7 Å². The monoisotopic (exact) mass is 256 g/mol. The van der Waals surface area contributed by atoms with Gasteiger partial charge in [0.1, 0.15) is 0 Å². The number of nitrogens with one attached hydrogen (secondary N) is 2. The second-order valence-corrected chi connectivity index (χ2v) is 5.10. The van der Waals surface area contributed by atoms with Gasteiger partial charge in [-0.15, -0.1) is 0 Å². The van der Waals surface area contributed by atoms with Crippen molar-refractivity contribution in [3.63, 3.8) is 0 Å². The van der Waals surface area contributed by atoms with Crippen molar-refractivity contribution in [3.05, 3.63) is 0 Å². The first-order valence-corrected chi connectivity index (χ1v) is 6.80. The lowest BCUT2D eigenvalue weighted by atomic mass is 9.86. The fraction of sp³-hybridized carbons (Fsp3) is 0.846. The smallest absolute Gasteiger partial charge is 0.309 e. The fourth-order valence-electron chi connectivity index (χ4n) is 2.29. The quantitative estimate of drug-likeness (QED) is 0.643. The highest BCUT2D eigenvalue weighted by molar-refractivity contribution is 6.35. The molecule has 0 heterocycles. The molecule has 0 aliphatic heterocycles. The van der Waals surface area contributed by atoms with Gasteiger partial charge in [0.25, 0.3) is 0 Å². The highest BCUT2D eigenvalue weighted by atomic mass is 16.3. The normalized spacial score (nSPS) is 25.3. The van der Waals surface area contributed by atoms with Gasteiger partial charge in [0, 0.05) is 6.04 Å². The second kappa shape index (κ2) is 7.36. The van der Waals surface area contributed by atoms with Gasteiger partial charge in [0.15, 0.2) is 0 Å². The zero-order valence-corrected chi connectivity index (χ0v) is 11.2. The summed E-state index contributed by atoms with van der Waals surface area (Å²) in [5.74, 6) is -0.801. The standard InChI is InChI=1S/C13H24N2O3/c1-3-10(8-16)14-12(17)13(18)15-11-7-5-4-6-9(11)2/h9-11,16H,3-8H2,1-2H3,(H,14,17)(H,15,18). The summed E-state index contributed by atoms with van der Waals surface area (Å²) in [6.45, 7) is 3.81. The van der Waals surface area contributed by atoms with Crippen LogP contribution in [0.5, 0.6) is 0 Å². The van der Waals surface area contributed by atoms with Crippen LogP contribution >= 0.6 is 0 Å². The molecule has 0 radical (unpaired) electrons. The van der Waals surface area contributed by atoms with Crippen molar-refractivity contribution in [2.24, 2.45) is 5.92 Å². The van der Waals surface area contributed by atoms with Crippen LogP contribution in [0.25, 0.3) is 0 Å². The first-order chi connectivity index (χ1) is 8.58.